The van der Waals surface area contributed by atoms with Gasteiger partial charge in [0.05, 0.1) is 0 Å². The number of hydrogen-bond donors (Lipinski definition) is 3. The van der Waals surface area contributed by atoms with Crippen LogP contribution in [0.3, 0.4) is 0 Å². The maximum atomic E-state index is 11.8. The number of carbonyl (C=O) groups excluding carboxylic acids is 1. The standard InChI is InChI=1S/C17H24ClN3O2S/c1-11-5-3-4-6-14(11)19-17(24)21-20-16(22)10-23-15-8-7-13(18)9-12(15)2/h7-9,11,14H,3-6,10H2,1-2H3,(H,20,22)(H2,19,21,24). The Morgan fingerprint density at radius 1 is 1.33 bits per heavy atom. The second-order valence-electron chi connectivity index (χ2n) is 6.21. The van der Waals surface area contributed by atoms with Crippen LogP contribution in [-0.4, -0.2) is 23.7 Å². The zero-order chi connectivity index (χ0) is 17.5. The molecule has 2 rings (SSSR count). The maximum Gasteiger partial charge on any atom is 0.276 e. The van der Waals surface area contributed by atoms with Crippen molar-refractivity contribution in [3.05, 3.63) is 28.8 Å². The Bertz CT molecular complexity index is 597. The SMILES string of the molecule is Cc1cc(Cl)ccc1OCC(=O)NNC(=S)NC1CCCCC1C. The van der Waals surface area contributed by atoms with E-state index in [9.17, 15) is 4.79 Å². The van der Waals surface area contributed by atoms with Crippen molar-refractivity contribution in [3.8, 4) is 5.75 Å². The summed E-state index contributed by atoms with van der Waals surface area (Å²) < 4.78 is 5.48. The first-order valence-corrected chi connectivity index (χ1v) is 8.98. The van der Waals surface area contributed by atoms with E-state index in [1.807, 2.05) is 6.92 Å². The molecule has 0 saturated heterocycles. The molecule has 1 saturated carbocycles. The lowest BCUT2D eigenvalue weighted by Gasteiger charge is -2.30. The molecule has 24 heavy (non-hydrogen) atoms. The van der Waals surface area contributed by atoms with Crippen molar-refractivity contribution in [3.63, 3.8) is 0 Å². The fourth-order valence-corrected chi connectivity index (χ4v) is 3.24. The van der Waals surface area contributed by atoms with E-state index in [4.69, 9.17) is 28.6 Å². The van der Waals surface area contributed by atoms with Crippen LogP contribution in [0.2, 0.25) is 5.02 Å². The van der Waals surface area contributed by atoms with Gasteiger partial charge >= 0.3 is 0 Å². The van der Waals surface area contributed by atoms with Gasteiger partial charge < -0.3 is 10.1 Å². The van der Waals surface area contributed by atoms with E-state index in [2.05, 4.69) is 23.1 Å². The van der Waals surface area contributed by atoms with E-state index in [0.717, 1.165) is 12.0 Å². The molecule has 1 amide bonds. The highest BCUT2D eigenvalue weighted by Crippen LogP contribution is 2.23. The summed E-state index contributed by atoms with van der Waals surface area (Å²) in [7, 11) is 0. The van der Waals surface area contributed by atoms with Crippen LogP contribution in [0.4, 0.5) is 0 Å². The number of ether oxygens (including phenoxy) is 1. The predicted molar refractivity (Wildman–Crippen MR) is 100 cm³/mol. The van der Waals surface area contributed by atoms with E-state index < -0.39 is 0 Å². The van der Waals surface area contributed by atoms with Gasteiger partial charge in [-0.1, -0.05) is 31.4 Å². The van der Waals surface area contributed by atoms with Gasteiger partial charge in [0, 0.05) is 11.1 Å². The molecule has 0 aliphatic heterocycles. The lowest BCUT2D eigenvalue weighted by Crippen LogP contribution is -2.52. The number of amides is 1. The van der Waals surface area contributed by atoms with Gasteiger partial charge in [0.25, 0.3) is 5.91 Å². The van der Waals surface area contributed by atoms with Crippen molar-refractivity contribution < 1.29 is 9.53 Å². The Hall–Kier alpha value is -1.53. The summed E-state index contributed by atoms with van der Waals surface area (Å²) in [5.41, 5.74) is 6.16. The minimum Gasteiger partial charge on any atom is -0.483 e. The fourth-order valence-electron chi connectivity index (χ4n) is 2.82. The number of rotatable bonds is 4. The number of aryl methyl sites for hydroxylation is 1. The Labute approximate surface area is 153 Å². The van der Waals surface area contributed by atoms with Gasteiger partial charge in [-0.15, -0.1) is 0 Å². The summed E-state index contributed by atoms with van der Waals surface area (Å²) >= 11 is 11.1. The molecule has 5 nitrogen and oxygen atoms in total. The summed E-state index contributed by atoms with van der Waals surface area (Å²) in [6, 6.07) is 5.63. The number of thiocarbonyl (C=S) groups is 1. The van der Waals surface area contributed by atoms with Gasteiger partial charge in [0.1, 0.15) is 5.75 Å². The van der Waals surface area contributed by atoms with Crippen LogP contribution in [0.1, 0.15) is 38.2 Å². The molecule has 2 atom stereocenters. The monoisotopic (exact) mass is 369 g/mol. The van der Waals surface area contributed by atoms with Gasteiger partial charge in [-0.05, 0) is 61.7 Å². The third-order valence-corrected chi connectivity index (χ3v) is 4.69. The molecule has 0 heterocycles. The molecule has 132 valence electrons. The Morgan fingerprint density at radius 3 is 2.79 bits per heavy atom. The highest BCUT2D eigenvalue weighted by Gasteiger charge is 2.21. The quantitative estimate of drug-likeness (QED) is 0.562. The molecule has 0 spiro atoms. The Kier molecular flexibility index (Phi) is 7.12. The normalized spacial score (nSPS) is 20.1. The summed E-state index contributed by atoms with van der Waals surface area (Å²) in [5, 5.41) is 4.34. The van der Waals surface area contributed by atoms with Gasteiger partial charge in [-0.3, -0.25) is 15.6 Å². The third-order valence-electron chi connectivity index (χ3n) is 4.24. The van der Waals surface area contributed by atoms with Gasteiger partial charge in [0.2, 0.25) is 0 Å². The number of benzene rings is 1. The first-order chi connectivity index (χ1) is 11.5. The Balaban J connectivity index is 1.69. The first-order valence-electron chi connectivity index (χ1n) is 8.20. The van der Waals surface area contributed by atoms with Gasteiger partial charge in [0.15, 0.2) is 11.7 Å². The molecule has 0 aromatic heterocycles. The first kappa shape index (κ1) is 18.8. The second-order valence-corrected chi connectivity index (χ2v) is 7.06. The summed E-state index contributed by atoms with van der Waals surface area (Å²) in [6.45, 7) is 4.00. The predicted octanol–water partition coefficient (Wildman–Crippen LogP) is 3.10. The largest absolute Gasteiger partial charge is 0.483 e. The minimum atomic E-state index is -0.301. The lowest BCUT2D eigenvalue weighted by atomic mass is 9.86. The molecule has 1 aromatic rings. The molecule has 0 bridgehead atoms. The van der Waals surface area contributed by atoms with Crippen molar-refractivity contribution in [1.29, 1.82) is 0 Å². The Morgan fingerprint density at radius 2 is 2.08 bits per heavy atom. The number of carbonyl (C=O) groups is 1. The average Bonchev–Trinajstić information content (AvgIpc) is 2.54. The maximum absolute atomic E-state index is 11.8. The summed E-state index contributed by atoms with van der Waals surface area (Å²) in [5.74, 6) is 0.918. The fraction of sp³-hybridized carbons (Fsp3) is 0.529. The lowest BCUT2D eigenvalue weighted by molar-refractivity contribution is -0.123. The molecular formula is C17H24ClN3O2S. The van der Waals surface area contributed by atoms with Crippen LogP contribution in [0.15, 0.2) is 18.2 Å². The topological polar surface area (TPSA) is 62.4 Å². The summed E-state index contributed by atoms with van der Waals surface area (Å²) in [4.78, 5) is 11.8. The van der Waals surface area contributed by atoms with Crippen molar-refractivity contribution >= 4 is 34.8 Å². The van der Waals surface area contributed by atoms with Gasteiger partial charge in [-0.25, -0.2) is 0 Å². The van der Waals surface area contributed by atoms with Crippen molar-refractivity contribution in [1.82, 2.24) is 16.2 Å². The van der Waals surface area contributed by atoms with Crippen LogP contribution in [0.5, 0.6) is 5.75 Å². The van der Waals surface area contributed by atoms with E-state index in [1.54, 1.807) is 18.2 Å². The molecule has 1 fully saturated rings. The third kappa shape index (κ3) is 5.83. The van der Waals surface area contributed by atoms with Crippen molar-refractivity contribution in [2.75, 3.05) is 6.61 Å². The molecular weight excluding hydrogens is 346 g/mol. The molecule has 7 heteroatoms. The molecule has 3 N–H and O–H groups in total. The van der Waals surface area contributed by atoms with E-state index >= 15 is 0 Å². The van der Waals surface area contributed by atoms with Crippen LogP contribution in [0.25, 0.3) is 0 Å². The average molecular weight is 370 g/mol. The number of hydrazine groups is 1. The van der Waals surface area contributed by atoms with E-state index in [-0.39, 0.29) is 12.5 Å². The number of nitrogens with one attached hydrogen (secondary N) is 3. The minimum absolute atomic E-state index is 0.0993. The van der Waals surface area contributed by atoms with Crippen molar-refractivity contribution in [2.24, 2.45) is 5.92 Å². The van der Waals surface area contributed by atoms with Crippen LogP contribution in [-0.2, 0) is 4.79 Å². The van der Waals surface area contributed by atoms with Crippen LogP contribution in [0, 0.1) is 12.8 Å². The molecule has 2 unspecified atom stereocenters. The zero-order valence-electron chi connectivity index (χ0n) is 14.0. The molecule has 1 aromatic carbocycles. The molecule has 0 radical (unpaired) electrons. The number of halogens is 1. The van der Waals surface area contributed by atoms with E-state index in [1.165, 1.54) is 19.3 Å². The number of hydrogen-bond acceptors (Lipinski definition) is 3. The molecule has 1 aliphatic rings. The summed E-state index contributed by atoms with van der Waals surface area (Å²) in [6.07, 6.45) is 4.81. The van der Waals surface area contributed by atoms with Gasteiger partial charge in [-0.2, -0.15) is 0 Å². The second kappa shape index (κ2) is 9.08. The molecule has 1 aliphatic carbocycles. The smallest absolute Gasteiger partial charge is 0.276 e. The zero-order valence-corrected chi connectivity index (χ0v) is 15.6. The van der Waals surface area contributed by atoms with Crippen molar-refractivity contribution in [2.45, 2.75) is 45.6 Å². The van der Waals surface area contributed by atoms with Crippen LogP contribution < -0.4 is 20.9 Å². The highest BCUT2D eigenvalue weighted by atomic mass is 35.5. The van der Waals surface area contributed by atoms with E-state index in [0.29, 0.717) is 27.8 Å². The van der Waals surface area contributed by atoms with Crippen LogP contribution >= 0.6 is 23.8 Å². The highest BCUT2D eigenvalue weighted by molar-refractivity contribution is 7.80.